The van der Waals surface area contributed by atoms with Crippen molar-refractivity contribution in [3.8, 4) is 0 Å². The van der Waals surface area contributed by atoms with Crippen LogP contribution in [-0.2, 0) is 4.74 Å². The summed E-state index contributed by atoms with van der Waals surface area (Å²) in [5.74, 6) is 0. The highest BCUT2D eigenvalue weighted by atomic mass is 16.5. The van der Waals surface area contributed by atoms with Gasteiger partial charge in [0.1, 0.15) is 0 Å². The molecule has 0 spiro atoms. The van der Waals surface area contributed by atoms with E-state index in [9.17, 15) is 4.79 Å². The quantitative estimate of drug-likeness (QED) is 0.592. The van der Waals surface area contributed by atoms with Crippen LogP contribution in [0.4, 0.5) is 10.5 Å². The fourth-order valence-corrected chi connectivity index (χ4v) is 1.15. The number of carbonyl (C=O) groups excluding carboxylic acids is 1. The Morgan fingerprint density at radius 2 is 2.13 bits per heavy atom. The molecule has 0 aliphatic heterocycles. The monoisotopic (exact) mass is 209 g/mol. The Morgan fingerprint density at radius 1 is 1.47 bits per heavy atom. The van der Waals surface area contributed by atoms with Gasteiger partial charge in [-0.25, -0.2) is 4.79 Å². The Morgan fingerprint density at radius 3 is 2.60 bits per heavy atom. The molecule has 1 amide bonds. The fraction of sp³-hybridized carbons (Fsp3) is 0.222. The van der Waals surface area contributed by atoms with E-state index in [0.717, 1.165) is 5.56 Å². The molecule has 0 saturated carbocycles. The van der Waals surface area contributed by atoms with E-state index in [1.54, 1.807) is 19.1 Å². The van der Waals surface area contributed by atoms with Crippen LogP contribution < -0.4 is 10.8 Å². The Balaban J connectivity index is 2.88. The largest absolute Gasteiger partial charge is 0.488 e. The predicted molar refractivity (Wildman–Crippen MR) is 57.0 cm³/mol. The van der Waals surface area contributed by atoms with Crippen molar-refractivity contribution in [3.05, 3.63) is 23.8 Å². The van der Waals surface area contributed by atoms with Gasteiger partial charge in [0.25, 0.3) is 0 Å². The summed E-state index contributed by atoms with van der Waals surface area (Å²) in [5.41, 5.74) is 1.68. The van der Waals surface area contributed by atoms with E-state index in [2.05, 4.69) is 10.1 Å². The minimum absolute atomic E-state index is 0.378. The summed E-state index contributed by atoms with van der Waals surface area (Å²) in [4.78, 5) is 10.9. The summed E-state index contributed by atoms with van der Waals surface area (Å²) in [6.07, 6.45) is -0.560. The van der Waals surface area contributed by atoms with Crippen LogP contribution in [0.1, 0.15) is 5.56 Å². The molecule has 0 saturated heterocycles. The molecule has 0 heterocycles. The molecule has 0 bridgehead atoms. The standard InChI is InChI=1S/C9H12BNO4/c1-6-5-7(10(13)14)3-4-8(6)11-9(12)15-2/h3-5,13-14H,1-2H3,(H,11,12). The smallest absolute Gasteiger partial charge is 0.453 e. The normalized spacial score (nSPS) is 9.60. The zero-order chi connectivity index (χ0) is 11.4. The number of anilines is 1. The molecule has 0 atom stereocenters. The van der Waals surface area contributed by atoms with E-state index < -0.39 is 13.2 Å². The average molecular weight is 209 g/mol. The summed E-state index contributed by atoms with van der Waals surface area (Å²) in [6, 6.07) is 4.68. The molecule has 6 heteroatoms. The maximum atomic E-state index is 10.9. The number of carbonyl (C=O) groups is 1. The van der Waals surface area contributed by atoms with Crippen LogP contribution in [-0.4, -0.2) is 30.4 Å². The number of ether oxygens (including phenoxy) is 1. The first-order chi connectivity index (χ1) is 7.04. The van der Waals surface area contributed by atoms with Gasteiger partial charge in [0.05, 0.1) is 7.11 Å². The Kier molecular flexibility index (Phi) is 3.71. The molecule has 15 heavy (non-hydrogen) atoms. The highest BCUT2D eigenvalue weighted by Crippen LogP contribution is 2.12. The summed E-state index contributed by atoms with van der Waals surface area (Å²) in [6.45, 7) is 1.75. The van der Waals surface area contributed by atoms with Gasteiger partial charge in [-0.3, -0.25) is 5.32 Å². The van der Waals surface area contributed by atoms with Gasteiger partial charge in [0.2, 0.25) is 0 Å². The zero-order valence-corrected chi connectivity index (χ0v) is 8.52. The highest BCUT2D eigenvalue weighted by Gasteiger charge is 2.12. The van der Waals surface area contributed by atoms with Crippen molar-refractivity contribution >= 4 is 24.4 Å². The van der Waals surface area contributed by atoms with Crippen LogP contribution in [0.5, 0.6) is 0 Å². The van der Waals surface area contributed by atoms with Gasteiger partial charge < -0.3 is 14.8 Å². The van der Waals surface area contributed by atoms with Gasteiger partial charge in [-0.05, 0) is 24.0 Å². The van der Waals surface area contributed by atoms with Crippen molar-refractivity contribution in [3.63, 3.8) is 0 Å². The Bertz CT molecular complexity index is 367. The lowest BCUT2D eigenvalue weighted by molar-refractivity contribution is 0.187. The van der Waals surface area contributed by atoms with Crippen LogP contribution in [0.15, 0.2) is 18.2 Å². The average Bonchev–Trinajstić information content (AvgIpc) is 2.20. The van der Waals surface area contributed by atoms with E-state index in [0.29, 0.717) is 11.2 Å². The lowest BCUT2D eigenvalue weighted by atomic mass is 9.79. The summed E-state index contributed by atoms with van der Waals surface area (Å²) < 4.78 is 4.44. The molecule has 1 aromatic rings. The topological polar surface area (TPSA) is 78.8 Å². The van der Waals surface area contributed by atoms with E-state index in [4.69, 9.17) is 10.0 Å². The number of rotatable bonds is 2. The van der Waals surface area contributed by atoms with Crippen molar-refractivity contribution in [1.82, 2.24) is 0 Å². The molecule has 1 aromatic carbocycles. The molecular weight excluding hydrogens is 197 g/mol. The van der Waals surface area contributed by atoms with Crippen molar-refractivity contribution < 1.29 is 19.6 Å². The van der Waals surface area contributed by atoms with E-state index >= 15 is 0 Å². The molecular formula is C9H12BNO4. The minimum atomic E-state index is -1.50. The molecule has 1 rings (SSSR count). The molecule has 5 nitrogen and oxygen atoms in total. The van der Waals surface area contributed by atoms with Gasteiger partial charge in [-0.2, -0.15) is 0 Å². The number of hydrogen-bond donors (Lipinski definition) is 3. The van der Waals surface area contributed by atoms with E-state index in [-0.39, 0.29) is 0 Å². The van der Waals surface area contributed by atoms with Crippen LogP contribution >= 0.6 is 0 Å². The molecule has 0 aromatic heterocycles. The van der Waals surface area contributed by atoms with Gasteiger partial charge in [0, 0.05) is 5.69 Å². The summed E-state index contributed by atoms with van der Waals surface area (Å²) >= 11 is 0. The summed E-state index contributed by atoms with van der Waals surface area (Å²) in [7, 11) is -0.229. The number of methoxy groups -OCH3 is 1. The highest BCUT2D eigenvalue weighted by molar-refractivity contribution is 6.58. The molecule has 0 unspecified atom stereocenters. The van der Waals surface area contributed by atoms with Gasteiger partial charge >= 0.3 is 13.2 Å². The van der Waals surface area contributed by atoms with Gasteiger partial charge in [0.15, 0.2) is 0 Å². The maximum Gasteiger partial charge on any atom is 0.488 e. The number of nitrogens with one attached hydrogen (secondary N) is 1. The molecule has 0 radical (unpaired) electrons. The molecule has 0 aliphatic carbocycles. The van der Waals surface area contributed by atoms with Crippen molar-refractivity contribution in [2.75, 3.05) is 12.4 Å². The first-order valence-electron chi connectivity index (χ1n) is 4.36. The third-order valence-corrected chi connectivity index (χ3v) is 1.97. The first kappa shape index (κ1) is 11.5. The van der Waals surface area contributed by atoms with Gasteiger partial charge in [-0.1, -0.05) is 12.1 Å². The lowest BCUT2D eigenvalue weighted by Crippen LogP contribution is -2.30. The fourth-order valence-electron chi connectivity index (χ4n) is 1.15. The number of benzene rings is 1. The van der Waals surface area contributed by atoms with Crippen molar-refractivity contribution in [2.45, 2.75) is 6.92 Å². The van der Waals surface area contributed by atoms with E-state index in [1.807, 2.05) is 0 Å². The second-order valence-corrected chi connectivity index (χ2v) is 3.06. The summed E-state index contributed by atoms with van der Waals surface area (Å²) in [5, 5.41) is 20.3. The maximum absolute atomic E-state index is 10.9. The number of amides is 1. The predicted octanol–water partition coefficient (Wildman–Crippen LogP) is -0.147. The third kappa shape index (κ3) is 2.97. The molecule has 80 valence electrons. The number of aryl methyl sites for hydroxylation is 1. The van der Waals surface area contributed by atoms with Crippen LogP contribution in [0.2, 0.25) is 0 Å². The SMILES string of the molecule is COC(=O)Nc1ccc(B(O)O)cc1C. The van der Waals surface area contributed by atoms with Crippen LogP contribution in [0.3, 0.4) is 0 Å². The number of hydrogen-bond acceptors (Lipinski definition) is 4. The van der Waals surface area contributed by atoms with Crippen molar-refractivity contribution in [2.24, 2.45) is 0 Å². The Hall–Kier alpha value is -1.53. The molecule has 0 fully saturated rings. The third-order valence-electron chi connectivity index (χ3n) is 1.97. The van der Waals surface area contributed by atoms with Crippen LogP contribution in [0, 0.1) is 6.92 Å². The van der Waals surface area contributed by atoms with Crippen molar-refractivity contribution in [1.29, 1.82) is 0 Å². The molecule has 3 N–H and O–H groups in total. The Labute approximate surface area is 87.8 Å². The second kappa shape index (κ2) is 4.81. The van der Waals surface area contributed by atoms with E-state index in [1.165, 1.54) is 13.2 Å². The molecule has 0 aliphatic rings. The van der Waals surface area contributed by atoms with Gasteiger partial charge in [-0.15, -0.1) is 0 Å². The lowest BCUT2D eigenvalue weighted by Gasteiger charge is -2.08. The van der Waals surface area contributed by atoms with Crippen LogP contribution in [0.25, 0.3) is 0 Å². The zero-order valence-electron chi connectivity index (χ0n) is 8.52. The first-order valence-corrected chi connectivity index (χ1v) is 4.36. The minimum Gasteiger partial charge on any atom is -0.453 e. The second-order valence-electron chi connectivity index (χ2n) is 3.06.